The Morgan fingerprint density at radius 2 is 2.54 bits per heavy atom. The Hall–Kier alpha value is -1.50. The van der Waals surface area contributed by atoms with Crippen LogP contribution < -0.4 is 5.32 Å². The molecule has 1 aromatic rings. The third-order valence-corrected chi connectivity index (χ3v) is 1.40. The van der Waals surface area contributed by atoms with Gasteiger partial charge in [0.15, 0.2) is 0 Å². The maximum Gasteiger partial charge on any atom is 0.292 e. The molecule has 7 heteroatoms. The molecule has 72 valence electrons. The monoisotopic (exact) mass is 185 g/mol. The van der Waals surface area contributed by atoms with Crippen molar-refractivity contribution in [1.29, 1.82) is 0 Å². The summed E-state index contributed by atoms with van der Waals surface area (Å²) >= 11 is 0. The maximum atomic E-state index is 11.1. The van der Waals surface area contributed by atoms with Gasteiger partial charge in [0.05, 0.1) is 6.10 Å². The number of nitrogens with zero attached hydrogens (tertiary/aromatic N) is 3. The number of aliphatic hydroxyl groups is 1. The summed E-state index contributed by atoms with van der Waals surface area (Å²) in [6.07, 6.45) is 0.0782. The number of hydrogen-bond donors (Lipinski definition) is 3. The molecule has 3 N–H and O–H groups in total. The van der Waals surface area contributed by atoms with E-state index in [1.54, 1.807) is 6.92 Å². The van der Waals surface area contributed by atoms with Crippen molar-refractivity contribution in [2.24, 2.45) is 0 Å². The number of amides is 1. The van der Waals surface area contributed by atoms with E-state index in [2.05, 4.69) is 25.9 Å². The lowest BCUT2D eigenvalue weighted by Crippen LogP contribution is -2.27. The molecule has 0 aliphatic carbocycles. The van der Waals surface area contributed by atoms with Gasteiger partial charge in [-0.15, -0.1) is 10.2 Å². The number of tetrazole rings is 1. The van der Waals surface area contributed by atoms with Gasteiger partial charge in [-0.1, -0.05) is 0 Å². The van der Waals surface area contributed by atoms with Gasteiger partial charge in [0.2, 0.25) is 0 Å². The summed E-state index contributed by atoms with van der Waals surface area (Å²) in [6.45, 7) is 2.05. The fraction of sp³-hybridized carbons (Fsp3) is 0.667. The van der Waals surface area contributed by atoms with Crippen LogP contribution in [0.3, 0.4) is 0 Å². The molecule has 0 saturated heterocycles. The van der Waals surface area contributed by atoms with Crippen molar-refractivity contribution in [2.45, 2.75) is 19.4 Å². The number of nitrogens with one attached hydrogen (secondary N) is 2. The zero-order valence-corrected chi connectivity index (χ0v) is 7.19. The normalized spacial score (nSPS) is 12.5. The molecule has 1 rings (SSSR count). The van der Waals surface area contributed by atoms with Crippen LogP contribution in [0.25, 0.3) is 0 Å². The van der Waals surface area contributed by atoms with Crippen LogP contribution >= 0.6 is 0 Å². The Morgan fingerprint density at radius 1 is 1.77 bits per heavy atom. The first-order chi connectivity index (χ1) is 6.20. The summed E-state index contributed by atoms with van der Waals surface area (Å²) in [5, 5.41) is 23.8. The van der Waals surface area contributed by atoms with Gasteiger partial charge in [0, 0.05) is 6.54 Å². The maximum absolute atomic E-state index is 11.1. The third-order valence-electron chi connectivity index (χ3n) is 1.40. The van der Waals surface area contributed by atoms with Gasteiger partial charge in [-0.2, -0.15) is 5.21 Å². The van der Waals surface area contributed by atoms with Crippen molar-refractivity contribution in [3.05, 3.63) is 5.82 Å². The molecule has 0 radical (unpaired) electrons. The number of carbonyl (C=O) groups is 1. The fourth-order valence-corrected chi connectivity index (χ4v) is 0.732. The molecule has 1 atom stereocenters. The Morgan fingerprint density at radius 3 is 3.08 bits per heavy atom. The van der Waals surface area contributed by atoms with Gasteiger partial charge < -0.3 is 10.4 Å². The Bertz CT molecular complexity index is 258. The number of aliphatic hydroxyl groups excluding tert-OH is 1. The highest BCUT2D eigenvalue weighted by Gasteiger charge is 2.09. The van der Waals surface area contributed by atoms with Crippen LogP contribution in [0.4, 0.5) is 0 Å². The second kappa shape index (κ2) is 4.51. The average molecular weight is 185 g/mol. The quantitative estimate of drug-likeness (QED) is 0.541. The molecule has 1 amide bonds. The van der Waals surface area contributed by atoms with Gasteiger partial charge in [0.1, 0.15) is 0 Å². The van der Waals surface area contributed by atoms with E-state index in [1.807, 2.05) is 0 Å². The summed E-state index contributed by atoms with van der Waals surface area (Å²) in [7, 11) is 0. The number of H-pyrrole nitrogens is 1. The van der Waals surface area contributed by atoms with Crippen LogP contribution in [0.5, 0.6) is 0 Å². The molecule has 1 heterocycles. The molecular weight excluding hydrogens is 174 g/mol. The SMILES string of the molecule is CC(O)CCNC(=O)c1nn[nH]n1. The molecule has 0 spiro atoms. The summed E-state index contributed by atoms with van der Waals surface area (Å²) in [4.78, 5) is 11.1. The highest BCUT2D eigenvalue weighted by molar-refractivity contribution is 5.89. The molecular formula is C6H11N5O2. The van der Waals surface area contributed by atoms with Gasteiger partial charge in [-0.05, 0) is 18.6 Å². The molecule has 0 bridgehead atoms. The van der Waals surface area contributed by atoms with Gasteiger partial charge in [0.25, 0.3) is 11.7 Å². The second-order valence-corrected chi connectivity index (χ2v) is 2.63. The lowest BCUT2D eigenvalue weighted by molar-refractivity contribution is 0.0935. The molecule has 7 nitrogen and oxygen atoms in total. The van der Waals surface area contributed by atoms with E-state index in [4.69, 9.17) is 5.11 Å². The van der Waals surface area contributed by atoms with Crippen molar-refractivity contribution < 1.29 is 9.90 Å². The van der Waals surface area contributed by atoms with Crippen LogP contribution in [0.1, 0.15) is 24.0 Å². The minimum absolute atomic E-state index is 0.00518. The van der Waals surface area contributed by atoms with Crippen molar-refractivity contribution in [1.82, 2.24) is 25.9 Å². The van der Waals surface area contributed by atoms with Crippen molar-refractivity contribution in [3.63, 3.8) is 0 Å². The highest BCUT2D eigenvalue weighted by atomic mass is 16.3. The second-order valence-electron chi connectivity index (χ2n) is 2.63. The van der Waals surface area contributed by atoms with Crippen molar-refractivity contribution in [3.8, 4) is 0 Å². The topological polar surface area (TPSA) is 104 Å². The first-order valence-corrected chi connectivity index (χ1v) is 3.90. The first kappa shape index (κ1) is 9.59. The molecule has 13 heavy (non-hydrogen) atoms. The summed E-state index contributed by atoms with van der Waals surface area (Å²) < 4.78 is 0. The number of hydrogen-bond acceptors (Lipinski definition) is 5. The van der Waals surface area contributed by atoms with Gasteiger partial charge in [-0.3, -0.25) is 4.79 Å². The average Bonchev–Trinajstić information content (AvgIpc) is 2.55. The predicted octanol–water partition coefficient (Wildman–Crippen LogP) is -1.30. The van der Waals surface area contributed by atoms with Crippen molar-refractivity contribution >= 4 is 5.91 Å². The number of aromatic amines is 1. The molecule has 0 saturated carbocycles. The highest BCUT2D eigenvalue weighted by Crippen LogP contribution is 1.88. The van der Waals surface area contributed by atoms with Crippen LogP contribution in [0, 0.1) is 0 Å². The molecule has 0 aromatic carbocycles. The van der Waals surface area contributed by atoms with Crippen LogP contribution in [-0.2, 0) is 0 Å². The van der Waals surface area contributed by atoms with E-state index in [1.165, 1.54) is 0 Å². The van der Waals surface area contributed by atoms with E-state index in [0.717, 1.165) is 0 Å². The lowest BCUT2D eigenvalue weighted by Gasteiger charge is -2.03. The summed E-state index contributed by atoms with van der Waals surface area (Å²) in [6, 6.07) is 0. The van der Waals surface area contributed by atoms with Crippen LogP contribution in [0.2, 0.25) is 0 Å². The summed E-state index contributed by atoms with van der Waals surface area (Å²) in [5.41, 5.74) is 0. The van der Waals surface area contributed by atoms with Gasteiger partial charge in [-0.25, -0.2) is 0 Å². The molecule has 0 aliphatic rings. The zero-order valence-electron chi connectivity index (χ0n) is 7.19. The fourth-order valence-electron chi connectivity index (χ4n) is 0.732. The van der Waals surface area contributed by atoms with E-state index in [9.17, 15) is 4.79 Å². The number of rotatable bonds is 4. The smallest absolute Gasteiger partial charge is 0.292 e. The van der Waals surface area contributed by atoms with E-state index in [0.29, 0.717) is 13.0 Å². The third kappa shape index (κ3) is 3.16. The predicted molar refractivity (Wildman–Crippen MR) is 42.8 cm³/mol. The standard InChI is InChI=1S/C6H11N5O2/c1-4(12)2-3-7-6(13)5-8-10-11-9-5/h4,12H,2-3H2,1H3,(H,7,13)(H,8,9,10,11). The summed E-state index contributed by atoms with van der Waals surface area (Å²) in [5.74, 6) is -0.389. The Kier molecular flexibility index (Phi) is 3.32. The number of carbonyl (C=O) groups excluding carboxylic acids is 1. The minimum atomic E-state index is -0.425. The molecule has 1 unspecified atom stereocenters. The lowest BCUT2D eigenvalue weighted by atomic mass is 10.3. The molecule has 0 fully saturated rings. The number of aromatic nitrogens is 4. The minimum Gasteiger partial charge on any atom is -0.393 e. The first-order valence-electron chi connectivity index (χ1n) is 3.90. The van der Waals surface area contributed by atoms with E-state index in [-0.39, 0.29) is 5.82 Å². The van der Waals surface area contributed by atoms with Crippen LogP contribution in [-0.4, -0.2) is 44.3 Å². The zero-order chi connectivity index (χ0) is 9.68. The van der Waals surface area contributed by atoms with Crippen molar-refractivity contribution in [2.75, 3.05) is 6.54 Å². The molecule has 0 aliphatic heterocycles. The largest absolute Gasteiger partial charge is 0.393 e. The molecule has 1 aromatic heterocycles. The van der Waals surface area contributed by atoms with Crippen LogP contribution in [0.15, 0.2) is 0 Å². The van der Waals surface area contributed by atoms with Gasteiger partial charge >= 0.3 is 0 Å². The van der Waals surface area contributed by atoms with E-state index < -0.39 is 12.0 Å². The van der Waals surface area contributed by atoms with E-state index >= 15 is 0 Å². The Labute approximate surface area is 74.5 Å². The Balaban J connectivity index is 2.27.